The molecule has 0 aromatic rings. The lowest BCUT2D eigenvalue weighted by Crippen LogP contribution is -2.58. The lowest BCUT2D eigenvalue weighted by molar-refractivity contribution is -0.181. The molecule has 2 aliphatic rings. The summed E-state index contributed by atoms with van der Waals surface area (Å²) in [6, 6.07) is -1.01. The summed E-state index contributed by atoms with van der Waals surface area (Å²) < 4.78 is 44.3. The number of hydrogen-bond acceptors (Lipinski definition) is 4. The highest BCUT2D eigenvalue weighted by Crippen LogP contribution is 2.25. The number of hydrogen-bond donors (Lipinski definition) is 1. The Labute approximate surface area is 190 Å². The fourth-order valence-electron chi connectivity index (χ4n) is 3.92. The summed E-state index contributed by atoms with van der Waals surface area (Å²) in [6.07, 6.45) is -3.09. The van der Waals surface area contributed by atoms with Gasteiger partial charge in [0.1, 0.15) is 6.04 Å². The second kappa shape index (κ2) is 12.5. The zero-order valence-corrected chi connectivity index (χ0v) is 20.4. The molecule has 29 heavy (non-hydrogen) atoms. The predicted molar refractivity (Wildman–Crippen MR) is 121 cm³/mol. The Kier molecular flexibility index (Phi) is 11.5. The van der Waals surface area contributed by atoms with Crippen molar-refractivity contribution in [3.63, 3.8) is 0 Å². The Balaban J connectivity index is 0.00000420. The van der Waals surface area contributed by atoms with E-state index in [1.54, 1.807) is 7.05 Å². The first-order valence-corrected chi connectivity index (χ1v) is 10.3. The van der Waals surface area contributed by atoms with Gasteiger partial charge in [-0.05, 0) is 19.3 Å². The van der Waals surface area contributed by atoms with E-state index in [1.807, 2.05) is 0 Å². The lowest BCUT2D eigenvalue weighted by atomic mass is 10.0. The average Bonchev–Trinajstić information content (AvgIpc) is 2.67. The maximum absolute atomic E-state index is 12.9. The third-order valence-electron chi connectivity index (χ3n) is 5.65. The second-order valence-electron chi connectivity index (χ2n) is 8.10. The van der Waals surface area contributed by atoms with Gasteiger partial charge in [-0.2, -0.15) is 13.2 Å². The quantitative estimate of drug-likeness (QED) is 0.322. The summed E-state index contributed by atoms with van der Waals surface area (Å²) in [6.45, 7) is 11.8. The zero-order valence-electron chi connectivity index (χ0n) is 18.0. The molecular formula is C19H37F3IN5O. The molecule has 0 bridgehead atoms. The molecule has 0 aromatic carbocycles. The molecule has 0 saturated carbocycles. The molecule has 10 heteroatoms. The van der Waals surface area contributed by atoms with E-state index >= 15 is 0 Å². The molecule has 1 N–H and O–H groups in total. The number of halogens is 4. The molecule has 6 nitrogen and oxygen atoms in total. The van der Waals surface area contributed by atoms with Crippen molar-refractivity contribution >= 4 is 29.9 Å². The fourth-order valence-corrected chi connectivity index (χ4v) is 3.92. The van der Waals surface area contributed by atoms with Crippen LogP contribution in [0.15, 0.2) is 4.99 Å². The molecule has 0 amide bonds. The first-order chi connectivity index (χ1) is 13.2. The fraction of sp³-hybridized carbons (Fsp3) is 0.947. The minimum atomic E-state index is -4.18. The average molecular weight is 535 g/mol. The molecule has 2 aliphatic heterocycles. The van der Waals surface area contributed by atoms with Gasteiger partial charge in [-0.25, -0.2) is 0 Å². The van der Waals surface area contributed by atoms with Crippen LogP contribution in [0, 0.1) is 5.92 Å². The molecular weight excluding hydrogens is 498 g/mol. The van der Waals surface area contributed by atoms with E-state index < -0.39 is 12.2 Å². The molecule has 2 heterocycles. The number of ether oxygens (including phenoxy) is 1. The van der Waals surface area contributed by atoms with Gasteiger partial charge in [-0.1, -0.05) is 13.8 Å². The molecule has 2 rings (SSSR count). The largest absolute Gasteiger partial charge is 0.403 e. The summed E-state index contributed by atoms with van der Waals surface area (Å²) in [5.41, 5.74) is 0. The van der Waals surface area contributed by atoms with Crippen molar-refractivity contribution in [3.8, 4) is 0 Å². The predicted octanol–water partition coefficient (Wildman–Crippen LogP) is 2.50. The number of nitrogens with zero attached hydrogens (tertiary/aromatic N) is 4. The van der Waals surface area contributed by atoms with Gasteiger partial charge in [0.05, 0.1) is 13.2 Å². The van der Waals surface area contributed by atoms with Crippen LogP contribution < -0.4 is 5.32 Å². The van der Waals surface area contributed by atoms with Crippen molar-refractivity contribution in [1.29, 1.82) is 0 Å². The van der Waals surface area contributed by atoms with Crippen LogP contribution in [-0.2, 0) is 4.74 Å². The maximum Gasteiger partial charge on any atom is 0.403 e. The highest BCUT2D eigenvalue weighted by molar-refractivity contribution is 14.0. The first kappa shape index (κ1) is 26.7. The minimum absolute atomic E-state index is 0. The minimum Gasteiger partial charge on any atom is -0.379 e. The van der Waals surface area contributed by atoms with E-state index in [4.69, 9.17) is 4.74 Å². The van der Waals surface area contributed by atoms with Crippen LogP contribution in [0.1, 0.15) is 27.2 Å². The van der Waals surface area contributed by atoms with Crippen LogP contribution in [0.2, 0.25) is 0 Å². The molecule has 2 atom stereocenters. The van der Waals surface area contributed by atoms with Crippen LogP contribution in [0.4, 0.5) is 13.2 Å². The van der Waals surface area contributed by atoms with Gasteiger partial charge in [-0.15, -0.1) is 24.0 Å². The number of alkyl halides is 3. The molecule has 0 spiro atoms. The monoisotopic (exact) mass is 535 g/mol. The van der Waals surface area contributed by atoms with E-state index in [-0.39, 0.29) is 24.0 Å². The van der Waals surface area contributed by atoms with Gasteiger partial charge < -0.3 is 15.0 Å². The SMILES string of the molecule is CN=C(NCC(CC(C)C)N1CCOCC1)N1CCN(C(C)C(F)(F)F)CC1.I. The summed E-state index contributed by atoms with van der Waals surface area (Å²) in [5, 5.41) is 3.47. The van der Waals surface area contributed by atoms with Crippen molar-refractivity contribution in [1.82, 2.24) is 20.0 Å². The van der Waals surface area contributed by atoms with Gasteiger partial charge in [0.2, 0.25) is 0 Å². The number of guanidine groups is 1. The molecule has 0 radical (unpaired) electrons. The molecule has 2 fully saturated rings. The highest BCUT2D eigenvalue weighted by Gasteiger charge is 2.41. The number of piperazine rings is 1. The number of nitrogens with one attached hydrogen (secondary N) is 1. The topological polar surface area (TPSA) is 43.3 Å². The molecule has 2 unspecified atom stereocenters. The van der Waals surface area contributed by atoms with Crippen molar-refractivity contribution in [3.05, 3.63) is 0 Å². The van der Waals surface area contributed by atoms with Gasteiger partial charge >= 0.3 is 6.18 Å². The van der Waals surface area contributed by atoms with Crippen molar-refractivity contribution in [2.75, 3.05) is 66.1 Å². The van der Waals surface area contributed by atoms with Crippen LogP contribution >= 0.6 is 24.0 Å². The molecule has 0 aromatic heterocycles. The van der Waals surface area contributed by atoms with Crippen molar-refractivity contribution < 1.29 is 17.9 Å². The Morgan fingerprint density at radius 3 is 2.07 bits per heavy atom. The molecule has 172 valence electrons. The standard InChI is InChI=1S/C19H36F3N5O.HI/c1-15(2)13-17(26-9-11-28-12-10-26)14-24-18(23-4)27-7-5-25(6-8-27)16(3)19(20,21)22;/h15-17H,5-14H2,1-4H3,(H,23,24);1H. The van der Waals surface area contributed by atoms with E-state index in [2.05, 4.69) is 34.0 Å². The lowest BCUT2D eigenvalue weighted by Gasteiger charge is -2.40. The number of aliphatic imine (C=N–C) groups is 1. The highest BCUT2D eigenvalue weighted by atomic mass is 127. The summed E-state index contributed by atoms with van der Waals surface area (Å²) in [7, 11) is 1.74. The molecule has 2 saturated heterocycles. The first-order valence-electron chi connectivity index (χ1n) is 10.3. The second-order valence-corrected chi connectivity index (χ2v) is 8.10. The van der Waals surface area contributed by atoms with Crippen molar-refractivity contribution in [2.45, 2.75) is 45.5 Å². The van der Waals surface area contributed by atoms with E-state index in [0.717, 1.165) is 45.2 Å². The zero-order chi connectivity index (χ0) is 20.7. The van der Waals surface area contributed by atoms with Gasteiger partial charge in [0, 0.05) is 58.9 Å². The van der Waals surface area contributed by atoms with Gasteiger partial charge in [0.25, 0.3) is 0 Å². The van der Waals surface area contributed by atoms with Gasteiger partial charge in [0.15, 0.2) is 5.96 Å². The summed E-state index contributed by atoms with van der Waals surface area (Å²) in [5.74, 6) is 1.37. The van der Waals surface area contributed by atoms with Crippen LogP contribution in [-0.4, -0.2) is 105 Å². The summed E-state index contributed by atoms with van der Waals surface area (Å²) in [4.78, 5) is 10.4. The molecule has 0 aliphatic carbocycles. The van der Waals surface area contributed by atoms with Crippen LogP contribution in [0.25, 0.3) is 0 Å². The smallest absolute Gasteiger partial charge is 0.379 e. The Morgan fingerprint density at radius 1 is 1.00 bits per heavy atom. The summed E-state index contributed by atoms with van der Waals surface area (Å²) >= 11 is 0. The Morgan fingerprint density at radius 2 is 1.59 bits per heavy atom. The van der Waals surface area contributed by atoms with Crippen molar-refractivity contribution in [2.24, 2.45) is 10.9 Å². The van der Waals surface area contributed by atoms with Crippen LogP contribution in [0.3, 0.4) is 0 Å². The van der Waals surface area contributed by atoms with E-state index in [0.29, 0.717) is 38.1 Å². The van der Waals surface area contributed by atoms with Gasteiger partial charge in [-0.3, -0.25) is 14.8 Å². The van der Waals surface area contributed by atoms with E-state index in [9.17, 15) is 13.2 Å². The number of morpholine rings is 1. The van der Waals surface area contributed by atoms with E-state index in [1.165, 1.54) is 11.8 Å². The third kappa shape index (κ3) is 8.37. The Hall–Kier alpha value is -0.330. The number of rotatable bonds is 6. The maximum atomic E-state index is 12.9. The van der Waals surface area contributed by atoms with Crippen LogP contribution in [0.5, 0.6) is 0 Å². The Bertz CT molecular complexity index is 493. The third-order valence-corrected chi connectivity index (χ3v) is 5.65. The normalized spacial score (nSPS) is 22.3.